The van der Waals surface area contributed by atoms with Crippen molar-refractivity contribution in [2.45, 2.75) is 19.1 Å². The lowest BCUT2D eigenvalue weighted by Crippen LogP contribution is -2.49. The van der Waals surface area contributed by atoms with E-state index < -0.39 is 30.6 Å². The summed E-state index contributed by atoms with van der Waals surface area (Å²) in [6.45, 7) is 0.758. The first-order valence-corrected chi connectivity index (χ1v) is 9.86. The molecule has 33 heavy (non-hydrogen) atoms. The lowest BCUT2D eigenvalue weighted by molar-refractivity contribution is -0.145. The number of fused-ring (bicyclic) bond motifs is 1. The maximum absolute atomic E-state index is 12.7. The van der Waals surface area contributed by atoms with Gasteiger partial charge in [0.05, 0.1) is 25.9 Å². The van der Waals surface area contributed by atoms with Crippen LogP contribution in [0.5, 0.6) is 23.0 Å². The Balaban J connectivity index is 1.72. The minimum absolute atomic E-state index is 0.0766. The zero-order valence-electron chi connectivity index (χ0n) is 18.2. The van der Waals surface area contributed by atoms with Gasteiger partial charge in [0, 0.05) is 11.6 Å². The van der Waals surface area contributed by atoms with E-state index in [-0.39, 0.29) is 23.0 Å². The molecule has 1 amide bonds. The SMILES string of the molecule is COc1ccc(OC)c(C=C2Oc3cc(OCC(=O)N[C@@H](C(=O)O)[C@H](C)O)ccc3C2=O)c1. The van der Waals surface area contributed by atoms with Gasteiger partial charge in [-0.1, -0.05) is 0 Å². The first-order valence-electron chi connectivity index (χ1n) is 9.86. The number of aliphatic hydroxyl groups is 1. The fraction of sp³-hybridized carbons (Fsp3) is 0.261. The number of carbonyl (C=O) groups is 3. The molecule has 10 nitrogen and oxygen atoms in total. The number of benzene rings is 2. The Labute approximate surface area is 189 Å². The molecular formula is C23H23NO9. The standard InChI is InChI=1S/C23H23NO9/c1-12(25)21(23(28)29)24-20(26)11-32-15-4-6-16-18(10-15)33-19(22(16)27)9-13-8-14(30-2)5-7-17(13)31-3/h4-10,12,21,25H,11H2,1-3H3,(H,24,26)(H,28,29)/t12-,21+/m0/s1. The normalized spacial score (nSPS) is 15.3. The van der Waals surface area contributed by atoms with E-state index >= 15 is 0 Å². The lowest BCUT2D eigenvalue weighted by atomic mass is 10.1. The molecule has 2 atom stereocenters. The average molecular weight is 457 g/mol. The number of carboxylic acids is 1. The Morgan fingerprint density at radius 2 is 1.85 bits per heavy atom. The number of aliphatic hydroxyl groups excluding tert-OH is 1. The van der Waals surface area contributed by atoms with Crippen LogP contribution in [0, 0.1) is 0 Å². The molecule has 0 unspecified atom stereocenters. The summed E-state index contributed by atoms with van der Waals surface area (Å²) < 4.78 is 21.6. The van der Waals surface area contributed by atoms with Crippen molar-refractivity contribution in [3.8, 4) is 23.0 Å². The van der Waals surface area contributed by atoms with E-state index in [9.17, 15) is 19.5 Å². The molecule has 0 bridgehead atoms. The number of ether oxygens (including phenoxy) is 4. The van der Waals surface area contributed by atoms with Crippen molar-refractivity contribution in [1.29, 1.82) is 0 Å². The van der Waals surface area contributed by atoms with E-state index in [2.05, 4.69) is 5.32 Å². The number of methoxy groups -OCH3 is 2. The highest BCUT2D eigenvalue weighted by Crippen LogP contribution is 2.36. The van der Waals surface area contributed by atoms with Crippen LogP contribution >= 0.6 is 0 Å². The van der Waals surface area contributed by atoms with Crippen molar-refractivity contribution in [2.24, 2.45) is 0 Å². The van der Waals surface area contributed by atoms with E-state index in [1.54, 1.807) is 24.3 Å². The number of nitrogens with one attached hydrogen (secondary N) is 1. The molecule has 174 valence electrons. The van der Waals surface area contributed by atoms with Crippen LogP contribution in [0.2, 0.25) is 0 Å². The van der Waals surface area contributed by atoms with Gasteiger partial charge in [-0.3, -0.25) is 9.59 Å². The van der Waals surface area contributed by atoms with Gasteiger partial charge in [0.1, 0.15) is 23.0 Å². The molecule has 0 radical (unpaired) electrons. The number of rotatable bonds is 9. The van der Waals surface area contributed by atoms with Gasteiger partial charge in [-0.05, 0) is 43.3 Å². The zero-order valence-corrected chi connectivity index (χ0v) is 18.2. The minimum atomic E-state index is -1.46. The molecule has 0 aromatic heterocycles. The Bertz CT molecular complexity index is 1110. The van der Waals surface area contributed by atoms with Gasteiger partial charge >= 0.3 is 5.97 Å². The molecule has 0 aliphatic carbocycles. The summed E-state index contributed by atoms with van der Waals surface area (Å²) in [6.07, 6.45) is 0.263. The molecule has 0 fully saturated rings. The van der Waals surface area contributed by atoms with Crippen molar-refractivity contribution in [2.75, 3.05) is 20.8 Å². The highest BCUT2D eigenvalue weighted by molar-refractivity contribution is 6.14. The van der Waals surface area contributed by atoms with E-state index in [0.29, 0.717) is 22.6 Å². The second kappa shape index (κ2) is 10.0. The van der Waals surface area contributed by atoms with Gasteiger partial charge in [0.15, 0.2) is 18.4 Å². The number of ketones is 1. The van der Waals surface area contributed by atoms with Crippen LogP contribution in [-0.2, 0) is 9.59 Å². The number of hydrogen-bond donors (Lipinski definition) is 3. The maximum atomic E-state index is 12.7. The highest BCUT2D eigenvalue weighted by Gasteiger charge is 2.29. The van der Waals surface area contributed by atoms with Crippen LogP contribution in [0.4, 0.5) is 0 Å². The van der Waals surface area contributed by atoms with Crippen molar-refractivity contribution in [3.63, 3.8) is 0 Å². The van der Waals surface area contributed by atoms with Gasteiger partial charge in [-0.2, -0.15) is 0 Å². The summed E-state index contributed by atoms with van der Waals surface area (Å²) >= 11 is 0. The fourth-order valence-electron chi connectivity index (χ4n) is 3.10. The number of aliphatic carboxylic acids is 1. The molecule has 1 aliphatic rings. The van der Waals surface area contributed by atoms with Gasteiger partial charge < -0.3 is 34.5 Å². The third kappa shape index (κ3) is 5.42. The second-order valence-corrected chi connectivity index (χ2v) is 7.12. The highest BCUT2D eigenvalue weighted by atomic mass is 16.5. The topological polar surface area (TPSA) is 141 Å². The molecule has 0 spiro atoms. The average Bonchev–Trinajstić information content (AvgIpc) is 3.10. The van der Waals surface area contributed by atoms with E-state index in [1.807, 2.05) is 0 Å². The van der Waals surface area contributed by atoms with Gasteiger partial charge in [-0.15, -0.1) is 0 Å². The summed E-state index contributed by atoms with van der Waals surface area (Å²) in [5.74, 6) is -0.753. The summed E-state index contributed by atoms with van der Waals surface area (Å²) in [6, 6.07) is 8.14. The van der Waals surface area contributed by atoms with Gasteiger partial charge in [0.2, 0.25) is 5.78 Å². The van der Waals surface area contributed by atoms with Crippen LogP contribution in [0.15, 0.2) is 42.2 Å². The third-order valence-electron chi connectivity index (χ3n) is 4.80. The second-order valence-electron chi connectivity index (χ2n) is 7.12. The Morgan fingerprint density at radius 1 is 1.12 bits per heavy atom. The fourth-order valence-corrected chi connectivity index (χ4v) is 3.10. The Kier molecular flexibility index (Phi) is 7.19. The van der Waals surface area contributed by atoms with Crippen LogP contribution in [0.1, 0.15) is 22.8 Å². The molecule has 3 rings (SSSR count). The van der Waals surface area contributed by atoms with Crippen LogP contribution in [0.3, 0.4) is 0 Å². The first kappa shape index (κ1) is 23.6. The van der Waals surface area contributed by atoms with E-state index in [4.69, 9.17) is 24.1 Å². The van der Waals surface area contributed by atoms with Crippen LogP contribution < -0.4 is 24.3 Å². The molecule has 0 saturated heterocycles. The van der Waals surface area contributed by atoms with Crippen LogP contribution in [0.25, 0.3) is 6.08 Å². The van der Waals surface area contributed by atoms with Gasteiger partial charge in [0.25, 0.3) is 5.91 Å². The number of Topliss-reactive ketones (excluding diaryl/α,β-unsaturated/α-hetero) is 1. The number of carboxylic acid groups (broad SMARTS) is 1. The monoisotopic (exact) mass is 457 g/mol. The number of hydrogen-bond acceptors (Lipinski definition) is 8. The van der Waals surface area contributed by atoms with E-state index in [0.717, 1.165) is 0 Å². The summed E-state index contributed by atoms with van der Waals surface area (Å²) in [5, 5.41) is 20.6. The molecule has 10 heteroatoms. The van der Waals surface area contributed by atoms with Crippen molar-refractivity contribution in [1.82, 2.24) is 5.32 Å². The molecule has 2 aromatic carbocycles. The predicted molar refractivity (Wildman–Crippen MR) is 116 cm³/mol. The number of allylic oxidation sites excluding steroid dienone is 1. The summed E-state index contributed by atoms with van der Waals surface area (Å²) in [7, 11) is 3.04. The maximum Gasteiger partial charge on any atom is 0.328 e. The van der Waals surface area contributed by atoms with E-state index in [1.165, 1.54) is 39.3 Å². The smallest absolute Gasteiger partial charge is 0.328 e. The zero-order chi connectivity index (χ0) is 24.1. The quantitative estimate of drug-likeness (QED) is 0.479. The number of amides is 1. The van der Waals surface area contributed by atoms with Crippen molar-refractivity contribution < 1.29 is 43.5 Å². The molecule has 3 N–H and O–H groups in total. The van der Waals surface area contributed by atoms with Crippen molar-refractivity contribution in [3.05, 3.63) is 53.3 Å². The minimum Gasteiger partial charge on any atom is -0.497 e. The molecule has 0 saturated carbocycles. The summed E-state index contributed by atoms with van der Waals surface area (Å²) in [4.78, 5) is 35.8. The number of carbonyl (C=O) groups excluding carboxylic acids is 2. The molecule has 1 aliphatic heterocycles. The Hall–Kier alpha value is -4.05. The Morgan fingerprint density at radius 3 is 2.48 bits per heavy atom. The first-order chi connectivity index (χ1) is 15.7. The lowest BCUT2D eigenvalue weighted by Gasteiger charge is -2.17. The molecular weight excluding hydrogens is 434 g/mol. The molecule has 2 aromatic rings. The largest absolute Gasteiger partial charge is 0.497 e. The third-order valence-corrected chi connectivity index (χ3v) is 4.80. The summed E-state index contributed by atoms with van der Waals surface area (Å²) in [5.41, 5.74) is 0.909. The van der Waals surface area contributed by atoms with Crippen molar-refractivity contribution >= 4 is 23.7 Å². The van der Waals surface area contributed by atoms with Gasteiger partial charge in [-0.25, -0.2) is 4.79 Å². The molecule has 1 heterocycles. The van der Waals surface area contributed by atoms with Crippen LogP contribution in [-0.4, -0.2) is 60.8 Å². The predicted octanol–water partition coefficient (Wildman–Crippen LogP) is 1.65.